The number of nitrogens with zero attached hydrogens (tertiary/aromatic N) is 1. The monoisotopic (exact) mass is 324 g/mol. The van der Waals surface area contributed by atoms with Crippen LogP contribution in [0.5, 0.6) is 0 Å². The number of rotatable bonds is 4. The van der Waals surface area contributed by atoms with Crippen LogP contribution in [-0.4, -0.2) is 30.1 Å². The van der Waals surface area contributed by atoms with Gasteiger partial charge in [0.2, 0.25) is 0 Å². The van der Waals surface area contributed by atoms with Crippen LogP contribution in [0, 0.1) is 0 Å². The molecule has 4 nitrogen and oxygen atoms in total. The molecule has 0 atom stereocenters. The van der Waals surface area contributed by atoms with Crippen LogP contribution in [0.4, 0.5) is 0 Å². The lowest BCUT2D eigenvalue weighted by molar-refractivity contribution is 0.0696. The third kappa shape index (κ3) is 4.01. The summed E-state index contributed by atoms with van der Waals surface area (Å²) >= 11 is 0. The largest absolute Gasteiger partial charge is 0.381 e. The van der Waals surface area contributed by atoms with E-state index in [4.69, 9.17) is 4.74 Å². The van der Waals surface area contributed by atoms with Crippen LogP contribution in [0.3, 0.4) is 0 Å². The number of amides is 1. The van der Waals surface area contributed by atoms with Crippen molar-refractivity contribution in [3.63, 3.8) is 0 Å². The van der Waals surface area contributed by atoms with Crippen molar-refractivity contribution in [2.75, 3.05) is 13.2 Å². The smallest absolute Gasteiger partial charge is 0.251 e. The second-order valence-electron chi connectivity index (χ2n) is 6.57. The molecule has 126 valence electrons. The molecule has 0 bridgehead atoms. The maximum atomic E-state index is 12.3. The van der Waals surface area contributed by atoms with Gasteiger partial charge in [-0.25, -0.2) is 0 Å². The van der Waals surface area contributed by atoms with Crippen LogP contribution in [0.15, 0.2) is 42.6 Å². The molecule has 1 aliphatic rings. The first kappa shape index (κ1) is 16.7. The number of aromatic nitrogens is 1. The first-order chi connectivity index (χ1) is 11.6. The van der Waals surface area contributed by atoms with Gasteiger partial charge in [-0.15, -0.1) is 0 Å². The molecule has 1 N–H and O–H groups in total. The van der Waals surface area contributed by atoms with Crippen LogP contribution in [0.2, 0.25) is 0 Å². The molecule has 2 aromatic rings. The van der Waals surface area contributed by atoms with Crippen molar-refractivity contribution < 1.29 is 9.53 Å². The van der Waals surface area contributed by atoms with Gasteiger partial charge in [0.25, 0.3) is 5.91 Å². The van der Waals surface area contributed by atoms with E-state index >= 15 is 0 Å². The summed E-state index contributed by atoms with van der Waals surface area (Å²) < 4.78 is 5.32. The van der Waals surface area contributed by atoms with Gasteiger partial charge in [-0.2, -0.15) is 0 Å². The standard InChI is InChI=1S/C20H24N2O2/c1-14(2)17-7-10-21-19(13-17)15-3-5-16(6-4-15)20(23)22-18-8-11-24-12-9-18/h3-7,10,13-14,18H,8-9,11-12H2,1-2H3,(H,22,23). The molecule has 3 rings (SSSR count). The van der Waals surface area contributed by atoms with Gasteiger partial charge >= 0.3 is 0 Å². The molecular formula is C20H24N2O2. The lowest BCUT2D eigenvalue weighted by atomic mass is 10.0. The molecule has 1 aromatic carbocycles. The van der Waals surface area contributed by atoms with Crippen molar-refractivity contribution in [1.82, 2.24) is 10.3 Å². The van der Waals surface area contributed by atoms with Gasteiger partial charge in [-0.05, 0) is 48.6 Å². The molecular weight excluding hydrogens is 300 g/mol. The Morgan fingerprint density at radius 3 is 2.54 bits per heavy atom. The Labute approximate surface area is 143 Å². The topological polar surface area (TPSA) is 51.2 Å². The minimum Gasteiger partial charge on any atom is -0.381 e. The molecule has 1 saturated heterocycles. The minimum atomic E-state index is -0.0164. The normalized spacial score (nSPS) is 15.5. The first-order valence-electron chi connectivity index (χ1n) is 8.58. The Morgan fingerprint density at radius 1 is 1.17 bits per heavy atom. The molecule has 0 saturated carbocycles. The highest BCUT2D eigenvalue weighted by molar-refractivity contribution is 5.94. The third-order valence-corrected chi connectivity index (χ3v) is 4.45. The predicted octanol–water partition coefficient (Wildman–Crippen LogP) is 3.78. The average Bonchev–Trinajstić information content (AvgIpc) is 2.63. The zero-order valence-electron chi connectivity index (χ0n) is 14.3. The average molecular weight is 324 g/mol. The minimum absolute atomic E-state index is 0.0164. The number of ether oxygens (including phenoxy) is 1. The number of hydrogen-bond acceptors (Lipinski definition) is 3. The molecule has 0 aliphatic carbocycles. The Bertz CT molecular complexity index is 689. The fraction of sp³-hybridized carbons (Fsp3) is 0.400. The second-order valence-corrected chi connectivity index (χ2v) is 6.57. The molecule has 1 amide bonds. The maximum Gasteiger partial charge on any atom is 0.251 e. The lowest BCUT2D eigenvalue weighted by Crippen LogP contribution is -2.38. The van der Waals surface area contributed by atoms with Gasteiger partial charge in [0.1, 0.15) is 0 Å². The van der Waals surface area contributed by atoms with E-state index in [1.165, 1.54) is 5.56 Å². The van der Waals surface area contributed by atoms with Crippen molar-refractivity contribution in [2.45, 2.75) is 38.6 Å². The van der Waals surface area contributed by atoms with Gasteiger partial charge in [0.15, 0.2) is 0 Å². The zero-order valence-corrected chi connectivity index (χ0v) is 14.3. The SMILES string of the molecule is CC(C)c1ccnc(-c2ccc(C(=O)NC3CCOCC3)cc2)c1. The maximum absolute atomic E-state index is 12.3. The summed E-state index contributed by atoms with van der Waals surface area (Å²) in [4.78, 5) is 16.8. The van der Waals surface area contributed by atoms with Crippen LogP contribution < -0.4 is 5.32 Å². The van der Waals surface area contributed by atoms with Crippen molar-refractivity contribution in [1.29, 1.82) is 0 Å². The van der Waals surface area contributed by atoms with Gasteiger partial charge in [0, 0.05) is 36.6 Å². The van der Waals surface area contributed by atoms with E-state index in [1.54, 1.807) is 0 Å². The summed E-state index contributed by atoms with van der Waals surface area (Å²) in [6.07, 6.45) is 3.61. The molecule has 1 aromatic heterocycles. The molecule has 4 heteroatoms. The van der Waals surface area contributed by atoms with E-state index in [0.29, 0.717) is 11.5 Å². The summed E-state index contributed by atoms with van der Waals surface area (Å²) in [5.41, 5.74) is 3.92. The number of nitrogens with one attached hydrogen (secondary N) is 1. The molecule has 1 aliphatic heterocycles. The van der Waals surface area contributed by atoms with E-state index in [0.717, 1.165) is 37.3 Å². The fourth-order valence-electron chi connectivity index (χ4n) is 2.87. The molecule has 2 heterocycles. The van der Waals surface area contributed by atoms with Gasteiger partial charge in [-0.3, -0.25) is 9.78 Å². The highest BCUT2D eigenvalue weighted by atomic mass is 16.5. The molecule has 0 radical (unpaired) electrons. The van der Waals surface area contributed by atoms with Crippen LogP contribution in [0.25, 0.3) is 11.3 Å². The number of pyridine rings is 1. The highest BCUT2D eigenvalue weighted by Gasteiger charge is 2.17. The number of hydrogen-bond donors (Lipinski definition) is 1. The van der Waals surface area contributed by atoms with E-state index in [2.05, 4.69) is 30.2 Å². The van der Waals surface area contributed by atoms with Crippen molar-refractivity contribution in [2.24, 2.45) is 0 Å². The molecule has 0 spiro atoms. The fourth-order valence-corrected chi connectivity index (χ4v) is 2.87. The zero-order chi connectivity index (χ0) is 16.9. The number of carbonyl (C=O) groups is 1. The van der Waals surface area contributed by atoms with Crippen LogP contribution in [0.1, 0.15) is 48.5 Å². The van der Waals surface area contributed by atoms with E-state index in [-0.39, 0.29) is 11.9 Å². The van der Waals surface area contributed by atoms with Gasteiger partial charge in [-0.1, -0.05) is 26.0 Å². The number of benzene rings is 1. The summed E-state index contributed by atoms with van der Waals surface area (Å²) in [7, 11) is 0. The molecule has 24 heavy (non-hydrogen) atoms. The summed E-state index contributed by atoms with van der Waals surface area (Å²) in [6, 6.07) is 12.0. The van der Waals surface area contributed by atoms with E-state index in [1.807, 2.05) is 36.5 Å². The van der Waals surface area contributed by atoms with Crippen LogP contribution >= 0.6 is 0 Å². The summed E-state index contributed by atoms with van der Waals surface area (Å²) in [5.74, 6) is 0.452. The third-order valence-electron chi connectivity index (χ3n) is 4.45. The molecule has 0 unspecified atom stereocenters. The number of carbonyl (C=O) groups excluding carboxylic acids is 1. The lowest BCUT2D eigenvalue weighted by Gasteiger charge is -2.23. The van der Waals surface area contributed by atoms with Crippen molar-refractivity contribution in [3.8, 4) is 11.3 Å². The summed E-state index contributed by atoms with van der Waals surface area (Å²) in [5, 5.41) is 3.08. The van der Waals surface area contributed by atoms with Crippen molar-refractivity contribution >= 4 is 5.91 Å². The van der Waals surface area contributed by atoms with Crippen molar-refractivity contribution in [3.05, 3.63) is 53.7 Å². The Morgan fingerprint density at radius 2 is 1.88 bits per heavy atom. The van der Waals surface area contributed by atoms with Crippen LogP contribution in [-0.2, 0) is 4.74 Å². The second kappa shape index (κ2) is 7.58. The Balaban J connectivity index is 1.70. The molecule has 1 fully saturated rings. The summed E-state index contributed by atoms with van der Waals surface area (Å²) in [6.45, 7) is 5.79. The Kier molecular flexibility index (Phi) is 5.26. The first-order valence-corrected chi connectivity index (χ1v) is 8.58. The van der Waals surface area contributed by atoms with E-state index < -0.39 is 0 Å². The Hall–Kier alpha value is -2.20. The quantitative estimate of drug-likeness (QED) is 0.931. The predicted molar refractivity (Wildman–Crippen MR) is 95.1 cm³/mol. The van der Waals surface area contributed by atoms with E-state index in [9.17, 15) is 4.79 Å². The van der Waals surface area contributed by atoms with Gasteiger partial charge < -0.3 is 10.1 Å². The van der Waals surface area contributed by atoms with Gasteiger partial charge in [0.05, 0.1) is 5.69 Å². The highest BCUT2D eigenvalue weighted by Crippen LogP contribution is 2.22.